The minimum Gasteiger partial charge on any atom is -0.326 e. The van der Waals surface area contributed by atoms with Gasteiger partial charge in [-0.05, 0) is 35.6 Å². The van der Waals surface area contributed by atoms with Crippen molar-refractivity contribution in [2.24, 2.45) is 5.73 Å². The highest BCUT2D eigenvalue weighted by Crippen LogP contribution is 2.13. The second-order valence-corrected chi connectivity index (χ2v) is 3.60. The Bertz CT molecular complexity index is 543. The number of fused-ring (bicyclic) bond motifs is 1. The van der Waals surface area contributed by atoms with E-state index in [2.05, 4.69) is 4.98 Å². The summed E-state index contributed by atoms with van der Waals surface area (Å²) in [6, 6.07) is 7.79. The molecule has 0 aliphatic heterocycles. The van der Waals surface area contributed by atoms with Crippen molar-refractivity contribution in [3.63, 3.8) is 0 Å². The molecule has 0 fully saturated rings. The van der Waals surface area contributed by atoms with Gasteiger partial charge in [0.25, 0.3) is 5.56 Å². The molecule has 3 heteroatoms. The summed E-state index contributed by atoms with van der Waals surface area (Å²) in [6.07, 6.45) is 0.748. The standard InChI is InChI=1S/C12H14N2O/c1-2-9-6-10-5-8(7-13)3-4-11(10)14-12(9)15/h3-6H,2,7,13H2,1H3,(H,14,15). The Kier molecular flexibility index (Phi) is 2.56. The molecular weight excluding hydrogens is 188 g/mol. The molecule has 0 saturated heterocycles. The summed E-state index contributed by atoms with van der Waals surface area (Å²) in [5, 5.41) is 1.05. The maximum absolute atomic E-state index is 11.5. The molecule has 0 bridgehead atoms. The summed E-state index contributed by atoms with van der Waals surface area (Å²) in [6.45, 7) is 2.50. The molecule has 0 saturated carbocycles. The van der Waals surface area contributed by atoms with Crippen LogP contribution in [-0.4, -0.2) is 4.98 Å². The van der Waals surface area contributed by atoms with Crippen molar-refractivity contribution in [3.8, 4) is 0 Å². The Morgan fingerprint density at radius 1 is 1.33 bits per heavy atom. The van der Waals surface area contributed by atoms with E-state index in [9.17, 15) is 4.79 Å². The molecule has 0 aliphatic rings. The second kappa shape index (κ2) is 3.87. The van der Waals surface area contributed by atoms with Gasteiger partial charge in [-0.15, -0.1) is 0 Å². The van der Waals surface area contributed by atoms with E-state index in [1.807, 2.05) is 31.2 Å². The van der Waals surface area contributed by atoms with Gasteiger partial charge in [-0.25, -0.2) is 0 Å². The van der Waals surface area contributed by atoms with Gasteiger partial charge in [-0.3, -0.25) is 4.79 Å². The molecular formula is C12H14N2O. The van der Waals surface area contributed by atoms with Gasteiger partial charge in [0.15, 0.2) is 0 Å². The lowest BCUT2D eigenvalue weighted by Gasteiger charge is -2.03. The lowest BCUT2D eigenvalue weighted by Crippen LogP contribution is -2.11. The maximum atomic E-state index is 11.5. The van der Waals surface area contributed by atoms with Gasteiger partial charge >= 0.3 is 0 Å². The van der Waals surface area contributed by atoms with Gasteiger partial charge in [0, 0.05) is 17.6 Å². The summed E-state index contributed by atoms with van der Waals surface area (Å²) < 4.78 is 0. The molecule has 0 radical (unpaired) electrons. The van der Waals surface area contributed by atoms with Crippen molar-refractivity contribution in [2.75, 3.05) is 0 Å². The van der Waals surface area contributed by atoms with Crippen molar-refractivity contribution in [1.29, 1.82) is 0 Å². The fourth-order valence-corrected chi connectivity index (χ4v) is 1.69. The second-order valence-electron chi connectivity index (χ2n) is 3.60. The van der Waals surface area contributed by atoms with E-state index >= 15 is 0 Å². The molecule has 2 aromatic rings. The smallest absolute Gasteiger partial charge is 0.251 e. The number of nitrogens with one attached hydrogen (secondary N) is 1. The van der Waals surface area contributed by atoms with Crippen LogP contribution in [0.5, 0.6) is 0 Å². The van der Waals surface area contributed by atoms with Crippen LogP contribution in [0.15, 0.2) is 29.1 Å². The summed E-state index contributed by atoms with van der Waals surface area (Å²) >= 11 is 0. The number of aromatic nitrogens is 1. The Hall–Kier alpha value is -1.61. The molecule has 0 aliphatic carbocycles. The van der Waals surface area contributed by atoms with Crippen molar-refractivity contribution in [2.45, 2.75) is 19.9 Å². The van der Waals surface area contributed by atoms with Gasteiger partial charge in [-0.2, -0.15) is 0 Å². The van der Waals surface area contributed by atoms with E-state index in [4.69, 9.17) is 5.73 Å². The summed E-state index contributed by atoms with van der Waals surface area (Å²) in [5.41, 5.74) is 8.34. The van der Waals surface area contributed by atoms with E-state index in [1.165, 1.54) is 0 Å². The fourth-order valence-electron chi connectivity index (χ4n) is 1.69. The number of nitrogens with two attached hydrogens (primary N) is 1. The zero-order valence-corrected chi connectivity index (χ0v) is 8.71. The molecule has 78 valence electrons. The third kappa shape index (κ3) is 1.78. The maximum Gasteiger partial charge on any atom is 0.251 e. The molecule has 0 amide bonds. The molecule has 0 unspecified atom stereocenters. The van der Waals surface area contributed by atoms with Gasteiger partial charge in [0.1, 0.15) is 0 Å². The lowest BCUT2D eigenvalue weighted by atomic mass is 10.1. The average Bonchev–Trinajstić information content (AvgIpc) is 2.27. The lowest BCUT2D eigenvalue weighted by molar-refractivity contribution is 1.06. The first kappa shape index (κ1) is 9.93. The molecule has 0 atom stereocenters. The Labute approximate surface area is 87.9 Å². The SMILES string of the molecule is CCc1cc2cc(CN)ccc2[nH]c1=O. The summed E-state index contributed by atoms with van der Waals surface area (Å²) in [4.78, 5) is 14.4. The van der Waals surface area contributed by atoms with Crippen LogP contribution in [0.2, 0.25) is 0 Å². The molecule has 3 N–H and O–H groups in total. The Balaban J connectivity index is 2.71. The molecule has 1 heterocycles. The zero-order chi connectivity index (χ0) is 10.8. The minimum absolute atomic E-state index is 0.00509. The number of benzene rings is 1. The van der Waals surface area contributed by atoms with Gasteiger partial charge in [-0.1, -0.05) is 13.0 Å². The van der Waals surface area contributed by atoms with Gasteiger partial charge in [0.05, 0.1) is 0 Å². The van der Waals surface area contributed by atoms with E-state index in [1.54, 1.807) is 0 Å². The average molecular weight is 202 g/mol. The molecule has 3 nitrogen and oxygen atoms in total. The number of pyridine rings is 1. The number of aromatic amines is 1. The highest BCUT2D eigenvalue weighted by Gasteiger charge is 2.01. The minimum atomic E-state index is 0.00509. The zero-order valence-electron chi connectivity index (χ0n) is 8.71. The number of rotatable bonds is 2. The van der Waals surface area contributed by atoms with E-state index < -0.39 is 0 Å². The van der Waals surface area contributed by atoms with Crippen molar-refractivity contribution in [1.82, 2.24) is 4.98 Å². The fraction of sp³-hybridized carbons (Fsp3) is 0.250. The molecule has 2 rings (SSSR count). The normalized spacial score (nSPS) is 10.8. The Morgan fingerprint density at radius 2 is 2.13 bits per heavy atom. The van der Waals surface area contributed by atoms with Crippen LogP contribution in [0.3, 0.4) is 0 Å². The summed E-state index contributed by atoms with van der Waals surface area (Å²) in [5.74, 6) is 0. The monoisotopic (exact) mass is 202 g/mol. The molecule has 0 spiro atoms. The highest BCUT2D eigenvalue weighted by atomic mass is 16.1. The first-order valence-electron chi connectivity index (χ1n) is 5.09. The van der Waals surface area contributed by atoms with Gasteiger partial charge < -0.3 is 10.7 Å². The van der Waals surface area contributed by atoms with Crippen molar-refractivity contribution >= 4 is 10.9 Å². The molecule has 15 heavy (non-hydrogen) atoms. The number of hydrogen-bond donors (Lipinski definition) is 2. The van der Waals surface area contributed by atoms with Crippen LogP contribution in [0.4, 0.5) is 0 Å². The number of hydrogen-bond acceptors (Lipinski definition) is 2. The van der Waals surface area contributed by atoms with Crippen LogP contribution >= 0.6 is 0 Å². The largest absolute Gasteiger partial charge is 0.326 e. The van der Waals surface area contributed by atoms with Crippen LogP contribution in [-0.2, 0) is 13.0 Å². The quantitative estimate of drug-likeness (QED) is 0.776. The topological polar surface area (TPSA) is 58.9 Å². The van der Waals surface area contributed by atoms with E-state index in [0.717, 1.165) is 28.5 Å². The third-order valence-electron chi connectivity index (χ3n) is 2.60. The first-order chi connectivity index (χ1) is 7.24. The van der Waals surface area contributed by atoms with Crippen LogP contribution in [0.1, 0.15) is 18.1 Å². The van der Waals surface area contributed by atoms with Crippen LogP contribution < -0.4 is 11.3 Å². The van der Waals surface area contributed by atoms with Crippen molar-refractivity contribution in [3.05, 3.63) is 45.7 Å². The highest BCUT2D eigenvalue weighted by molar-refractivity contribution is 5.79. The summed E-state index contributed by atoms with van der Waals surface area (Å²) in [7, 11) is 0. The van der Waals surface area contributed by atoms with Crippen LogP contribution in [0.25, 0.3) is 10.9 Å². The first-order valence-corrected chi connectivity index (χ1v) is 5.09. The third-order valence-corrected chi connectivity index (χ3v) is 2.60. The van der Waals surface area contributed by atoms with Crippen LogP contribution in [0, 0.1) is 0 Å². The predicted octanol–water partition coefficient (Wildman–Crippen LogP) is 1.55. The Morgan fingerprint density at radius 3 is 2.80 bits per heavy atom. The van der Waals surface area contributed by atoms with Crippen molar-refractivity contribution < 1.29 is 0 Å². The number of aryl methyl sites for hydroxylation is 1. The van der Waals surface area contributed by atoms with Gasteiger partial charge in [0.2, 0.25) is 0 Å². The molecule has 1 aromatic carbocycles. The number of H-pyrrole nitrogens is 1. The van der Waals surface area contributed by atoms with E-state index in [-0.39, 0.29) is 5.56 Å². The van der Waals surface area contributed by atoms with E-state index in [0.29, 0.717) is 6.54 Å². The molecule has 1 aromatic heterocycles. The predicted molar refractivity (Wildman–Crippen MR) is 61.8 cm³/mol.